The first kappa shape index (κ1) is 21.2. The Hall–Kier alpha value is -1.87. The molecule has 0 amide bonds. The number of aliphatic hydroxyl groups excluding tert-OH is 1. The van der Waals surface area contributed by atoms with Crippen LogP contribution in [0.5, 0.6) is 0 Å². The summed E-state index contributed by atoms with van der Waals surface area (Å²) in [6.07, 6.45) is 4.58. The molecule has 0 atom stereocenters. The molecule has 0 saturated carbocycles. The van der Waals surface area contributed by atoms with Crippen LogP contribution < -0.4 is 10.9 Å². The molecule has 1 aromatic heterocycles. The van der Waals surface area contributed by atoms with Gasteiger partial charge in [0.25, 0.3) is 5.78 Å². The minimum absolute atomic E-state index is 0.0312. The van der Waals surface area contributed by atoms with Gasteiger partial charge >= 0.3 is 11.6 Å². The highest BCUT2D eigenvalue weighted by Crippen LogP contribution is 2.23. The average molecular weight is 387 g/mol. The van der Waals surface area contributed by atoms with Crippen LogP contribution in [0.4, 0.5) is 5.69 Å². The van der Waals surface area contributed by atoms with Crippen molar-refractivity contribution in [2.24, 2.45) is 0 Å². The van der Waals surface area contributed by atoms with Crippen LogP contribution in [0, 0.1) is 6.92 Å². The fraction of sp³-hybridized carbons (Fsp3) is 0.438. The zero-order valence-corrected chi connectivity index (χ0v) is 16.1. The van der Waals surface area contributed by atoms with Gasteiger partial charge in [0.15, 0.2) is 0 Å². The number of thioether (sulfide) groups is 2. The van der Waals surface area contributed by atoms with E-state index in [4.69, 9.17) is 4.42 Å². The third kappa shape index (κ3) is 6.17. The molecular formula is C16H21NO6S2. The summed E-state index contributed by atoms with van der Waals surface area (Å²) in [5.74, 6) is -2.47. The molecule has 0 bridgehead atoms. The summed E-state index contributed by atoms with van der Waals surface area (Å²) in [6.45, 7) is 3.71. The lowest BCUT2D eigenvalue weighted by Crippen LogP contribution is -2.19. The quantitative estimate of drug-likeness (QED) is 0.217. The van der Waals surface area contributed by atoms with E-state index < -0.39 is 23.1 Å². The molecule has 0 saturated heterocycles. The highest BCUT2D eigenvalue weighted by molar-refractivity contribution is 8.16. The Morgan fingerprint density at radius 2 is 2.04 bits per heavy atom. The van der Waals surface area contributed by atoms with Crippen molar-refractivity contribution in [3.8, 4) is 0 Å². The molecule has 25 heavy (non-hydrogen) atoms. The molecule has 0 radical (unpaired) electrons. The number of carbonyl (C=O) groups is 2. The Bertz CT molecular complexity index is 709. The van der Waals surface area contributed by atoms with E-state index in [9.17, 15) is 19.5 Å². The molecule has 0 aliphatic heterocycles. The van der Waals surface area contributed by atoms with Crippen molar-refractivity contribution in [1.82, 2.24) is 0 Å². The lowest BCUT2D eigenvalue weighted by molar-refractivity contribution is -0.151. The van der Waals surface area contributed by atoms with E-state index in [1.54, 1.807) is 43.4 Å². The number of anilines is 1. The van der Waals surface area contributed by atoms with Gasteiger partial charge in [0.05, 0.1) is 16.9 Å². The number of rotatable bonds is 9. The number of hydrogen-bond acceptors (Lipinski definition) is 9. The van der Waals surface area contributed by atoms with Crippen LogP contribution in [0.15, 0.2) is 21.4 Å². The molecule has 2 N–H and O–H groups in total. The van der Waals surface area contributed by atoms with Gasteiger partial charge < -0.3 is 19.6 Å². The maximum Gasteiger partial charge on any atom is 0.379 e. The maximum absolute atomic E-state index is 12.1. The van der Waals surface area contributed by atoms with Crippen LogP contribution in [0.2, 0.25) is 0 Å². The van der Waals surface area contributed by atoms with Crippen LogP contribution in [0.25, 0.3) is 5.76 Å². The van der Waals surface area contributed by atoms with E-state index in [0.29, 0.717) is 24.1 Å². The summed E-state index contributed by atoms with van der Waals surface area (Å²) in [7, 11) is 0. The van der Waals surface area contributed by atoms with Crippen LogP contribution in [0.3, 0.4) is 0 Å². The monoisotopic (exact) mass is 387 g/mol. The highest BCUT2D eigenvalue weighted by atomic mass is 32.2. The second-order valence-electron chi connectivity index (χ2n) is 4.83. The Labute approximate surface area is 154 Å². The van der Waals surface area contributed by atoms with Gasteiger partial charge in [0.2, 0.25) is 0 Å². The number of aryl methyl sites for hydroxylation is 1. The average Bonchev–Trinajstić information content (AvgIpc) is 2.55. The summed E-state index contributed by atoms with van der Waals surface area (Å²) in [4.78, 5) is 35.2. The first-order valence-corrected chi connectivity index (χ1v) is 9.97. The first-order valence-electron chi connectivity index (χ1n) is 7.40. The molecule has 0 fully saturated rings. The van der Waals surface area contributed by atoms with Crippen molar-refractivity contribution in [3.05, 3.63) is 33.9 Å². The van der Waals surface area contributed by atoms with Gasteiger partial charge in [-0.2, -0.15) is 0 Å². The molecule has 9 heteroatoms. The third-order valence-electron chi connectivity index (χ3n) is 3.06. The van der Waals surface area contributed by atoms with Crippen molar-refractivity contribution in [2.45, 2.75) is 18.4 Å². The number of nitrogens with one attached hydrogen (secondary N) is 1. The summed E-state index contributed by atoms with van der Waals surface area (Å²) in [5.41, 5.74) is -0.686. The summed E-state index contributed by atoms with van der Waals surface area (Å²) in [6, 6.07) is 1.55. The Morgan fingerprint density at radius 3 is 2.60 bits per heavy atom. The van der Waals surface area contributed by atoms with Crippen LogP contribution in [-0.2, 0) is 14.3 Å². The molecule has 0 aliphatic carbocycles. The second kappa shape index (κ2) is 10.2. The normalized spacial score (nSPS) is 11.5. The zero-order valence-electron chi connectivity index (χ0n) is 14.5. The molecular weight excluding hydrogens is 366 g/mol. The minimum Gasteiger partial charge on any atom is -0.507 e. The van der Waals surface area contributed by atoms with E-state index in [-0.39, 0.29) is 16.8 Å². The standard InChI is InChI=1S/C16H21NO6S2/c1-5-22-15(20)12(19)7-11(18)14-10(6-9(2)23-16(14)21)17-8-13(24-3)25-4/h6-7,13,17-18H,5,8H2,1-4H3/b11-7-. The van der Waals surface area contributed by atoms with Gasteiger partial charge in [0, 0.05) is 18.7 Å². The molecule has 138 valence electrons. The predicted molar refractivity (Wildman–Crippen MR) is 101 cm³/mol. The van der Waals surface area contributed by atoms with E-state index in [0.717, 1.165) is 0 Å². The molecule has 1 heterocycles. The minimum atomic E-state index is -1.11. The summed E-state index contributed by atoms with van der Waals surface area (Å²) in [5, 5.41) is 13.2. The van der Waals surface area contributed by atoms with Gasteiger partial charge in [0.1, 0.15) is 17.1 Å². The topological polar surface area (TPSA) is 106 Å². The number of ether oxygens (including phenoxy) is 1. The van der Waals surface area contributed by atoms with E-state index >= 15 is 0 Å². The van der Waals surface area contributed by atoms with Crippen molar-refractivity contribution in [2.75, 3.05) is 31.0 Å². The lowest BCUT2D eigenvalue weighted by atomic mass is 10.1. The van der Waals surface area contributed by atoms with Crippen LogP contribution in [0.1, 0.15) is 18.2 Å². The Morgan fingerprint density at radius 1 is 1.40 bits per heavy atom. The summed E-state index contributed by atoms with van der Waals surface area (Å²) >= 11 is 3.28. The Balaban J connectivity index is 3.18. The van der Waals surface area contributed by atoms with Crippen LogP contribution in [-0.4, -0.2) is 47.1 Å². The van der Waals surface area contributed by atoms with Crippen molar-refractivity contribution < 1.29 is 23.8 Å². The van der Waals surface area contributed by atoms with Gasteiger partial charge in [-0.05, 0) is 26.4 Å². The molecule has 0 unspecified atom stereocenters. The second-order valence-corrected chi connectivity index (χ2v) is 7.21. The number of carbonyl (C=O) groups excluding carboxylic acids is 2. The Kier molecular flexibility index (Phi) is 8.64. The number of hydrogen-bond donors (Lipinski definition) is 2. The first-order chi connectivity index (χ1) is 11.8. The lowest BCUT2D eigenvalue weighted by Gasteiger charge is -2.15. The van der Waals surface area contributed by atoms with E-state index in [2.05, 4.69) is 10.1 Å². The molecule has 0 aromatic carbocycles. The highest BCUT2D eigenvalue weighted by Gasteiger charge is 2.19. The predicted octanol–water partition coefficient (Wildman–Crippen LogP) is 2.44. The molecule has 1 aromatic rings. The van der Waals surface area contributed by atoms with Crippen LogP contribution >= 0.6 is 23.5 Å². The fourth-order valence-corrected chi connectivity index (χ4v) is 3.18. The molecule has 0 aliphatic rings. The number of esters is 1. The van der Waals surface area contributed by atoms with Crippen molar-refractivity contribution in [3.63, 3.8) is 0 Å². The molecule has 1 rings (SSSR count). The van der Waals surface area contributed by atoms with Gasteiger partial charge in [-0.1, -0.05) is 0 Å². The number of ketones is 1. The number of aliphatic hydroxyl groups is 1. The zero-order chi connectivity index (χ0) is 19.0. The summed E-state index contributed by atoms with van der Waals surface area (Å²) < 4.78 is 9.78. The van der Waals surface area contributed by atoms with Crippen molar-refractivity contribution in [1.29, 1.82) is 0 Å². The van der Waals surface area contributed by atoms with Crippen molar-refractivity contribution >= 4 is 46.7 Å². The van der Waals surface area contributed by atoms with E-state index in [1.165, 1.54) is 0 Å². The molecule has 7 nitrogen and oxygen atoms in total. The van der Waals surface area contributed by atoms with Gasteiger partial charge in [-0.3, -0.25) is 4.79 Å². The maximum atomic E-state index is 12.1. The van der Waals surface area contributed by atoms with E-state index in [1.807, 2.05) is 12.5 Å². The SMILES string of the molecule is CCOC(=O)C(=O)/C=C(\O)c1c(NCC(SC)SC)cc(C)oc1=O. The third-order valence-corrected chi connectivity index (χ3v) is 5.60. The largest absolute Gasteiger partial charge is 0.507 e. The fourth-order valence-electron chi connectivity index (χ4n) is 1.91. The smallest absolute Gasteiger partial charge is 0.379 e. The van der Waals surface area contributed by atoms with Gasteiger partial charge in [-0.15, -0.1) is 23.5 Å². The molecule has 0 spiro atoms. The van der Waals surface area contributed by atoms with Gasteiger partial charge in [-0.25, -0.2) is 9.59 Å².